The Morgan fingerprint density at radius 2 is 1.65 bits per heavy atom. The predicted octanol–water partition coefficient (Wildman–Crippen LogP) is 6.31. The van der Waals surface area contributed by atoms with Gasteiger partial charge in [0.2, 0.25) is 0 Å². The number of fused-ring (bicyclic) bond motifs is 1. The molecule has 1 unspecified atom stereocenters. The van der Waals surface area contributed by atoms with Crippen LogP contribution >= 0.6 is 11.6 Å². The summed E-state index contributed by atoms with van der Waals surface area (Å²) in [7, 11) is 1.70. The lowest BCUT2D eigenvalue weighted by Crippen LogP contribution is -2.30. The van der Waals surface area contributed by atoms with Crippen LogP contribution in [0.15, 0.2) is 77.6 Å². The highest BCUT2D eigenvalue weighted by molar-refractivity contribution is 6.30. The van der Waals surface area contributed by atoms with E-state index in [0.717, 1.165) is 84.5 Å². The second kappa shape index (κ2) is 11.9. The van der Waals surface area contributed by atoms with E-state index < -0.39 is 0 Å². The highest BCUT2D eigenvalue weighted by Crippen LogP contribution is 2.24. The fourth-order valence-electron chi connectivity index (χ4n) is 5.35. The third-order valence-electron chi connectivity index (χ3n) is 7.42. The maximum absolute atomic E-state index is 13.5. The van der Waals surface area contributed by atoms with E-state index in [1.165, 1.54) is 5.56 Å². The smallest absolute Gasteiger partial charge is 0.274 e. The zero-order valence-electron chi connectivity index (χ0n) is 21.4. The summed E-state index contributed by atoms with van der Waals surface area (Å²) in [6, 6.07) is 24.2. The Bertz CT molecular complexity index is 1380. The first-order valence-corrected chi connectivity index (χ1v) is 13.6. The van der Waals surface area contributed by atoms with Crippen molar-refractivity contribution in [2.45, 2.75) is 44.6 Å². The molecule has 6 heteroatoms. The predicted molar refractivity (Wildman–Crippen MR) is 151 cm³/mol. The van der Waals surface area contributed by atoms with Crippen molar-refractivity contribution in [2.24, 2.45) is 0 Å². The van der Waals surface area contributed by atoms with E-state index in [-0.39, 0.29) is 11.6 Å². The molecule has 192 valence electrons. The maximum Gasteiger partial charge on any atom is 0.274 e. The van der Waals surface area contributed by atoms with E-state index in [1.54, 1.807) is 11.8 Å². The third-order valence-corrected chi connectivity index (χ3v) is 7.68. The molecule has 0 aliphatic carbocycles. The second-order valence-electron chi connectivity index (χ2n) is 9.92. The van der Waals surface area contributed by atoms with Gasteiger partial charge in [0.25, 0.3) is 5.56 Å². The van der Waals surface area contributed by atoms with E-state index >= 15 is 0 Å². The van der Waals surface area contributed by atoms with Gasteiger partial charge in [-0.1, -0.05) is 54.1 Å². The molecule has 3 aromatic carbocycles. The first-order valence-electron chi connectivity index (χ1n) is 13.2. The largest absolute Gasteiger partial charge is 0.497 e. The summed E-state index contributed by atoms with van der Waals surface area (Å²) < 4.78 is 7.05. The standard InChI is InChI=1S/C31H34ClN3O2/c1-37-27-16-12-23(13-17-27)6-4-19-34-20-5-7-26(18-21-34)35-31(36)29-9-3-2-8-28(29)30(33-35)22-24-10-14-25(32)15-11-24/h2-3,8-17,26H,4-7,18-22H2,1H3. The molecule has 0 spiro atoms. The molecule has 5 nitrogen and oxygen atoms in total. The van der Waals surface area contributed by atoms with Gasteiger partial charge >= 0.3 is 0 Å². The van der Waals surface area contributed by atoms with Crippen LogP contribution in [0.3, 0.4) is 0 Å². The number of methoxy groups -OCH3 is 1. The monoisotopic (exact) mass is 515 g/mol. The summed E-state index contributed by atoms with van der Waals surface area (Å²) in [5, 5.41) is 7.38. The van der Waals surface area contributed by atoms with Gasteiger partial charge in [-0.2, -0.15) is 5.10 Å². The SMILES string of the molecule is COc1ccc(CCCN2CCCC(n3nc(Cc4ccc(Cl)cc4)c4ccccc4c3=O)CC2)cc1. The van der Waals surface area contributed by atoms with Crippen LogP contribution in [0.2, 0.25) is 5.02 Å². The maximum atomic E-state index is 13.5. The highest BCUT2D eigenvalue weighted by atomic mass is 35.5. The number of halogens is 1. The molecule has 1 aromatic heterocycles. The van der Waals surface area contributed by atoms with E-state index in [0.29, 0.717) is 6.42 Å². The molecule has 4 aromatic rings. The third kappa shape index (κ3) is 6.23. The quantitative estimate of drug-likeness (QED) is 0.276. The zero-order valence-corrected chi connectivity index (χ0v) is 22.2. The molecule has 5 rings (SSSR count). The van der Waals surface area contributed by atoms with Crippen molar-refractivity contribution in [1.29, 1.82) is 0 Å². The number of ether oxygens (including phenoxy) is 1. The first-order chi connectivity index (χ1) is 18.1. The molecule has 1 atom stereocenters. The van der Waals surface area contributed by atoms with Crippen molar-refractivity contribution in [3.05, 3.63) is 105 Å². The minimum absolute atomic E-state index is 0.0217. The van der Waals surface area contributed by atoms with E-state index in [1.807, 2.05) is 60.7 Å². The van der Waals surface area contributed by atoms with Gasteiger partial charge in [-0.05, 0) is 86.7 Å². The second-order valence-corrected chi connectivity index (χ2v) is 10.4. The fourth-order valence-corrected chi connectivity index (χ4v) is 5.48. The molecule has 0 radical (unpaired) electrons. The van der Waals surface area contributed by atoms with Crippen LogP contribution in [0, 0.1) is 0 Å². The lowest BCUT2D eigenvalue weighted by molar-refractivity contribution is 0.275. The Labute approximate surface area is 223 Å². The van der Waals surface area contributed by atoms with Gasteiger partial charge in [0.1, 0.15) is 5.75 Å². The summed E-state index contributed by atoms with van der Waals surface area (Å²) in [6.07, 6.45) is 5.83. The van der Waals surface area contributed by atoms with Crippen molar-refractivity contribution in [2.75, 3.05) is 26.7 Å². The molecule has 0 saturated carbocycles. The molecule has 1 aliphatic rings. The Morgan fingerprint density at radius 3 is 2.41 bits per heavy atom. The van der Waals surface area contributed by atoms with E-state index in [9.17, 15) is 4.79 Å². The molecular weight excluding hydrogens is 482 g/mol. The normalized spacial score (nSPS) is 16.5. The first kappa shape index (κ1) is 25.5. The molecule has 2 heterocycles. The molecule has 37 heavy (non-hydrogen) atoms. The minimum atomic E-state index is 0.0217. The molecule has 1 saturated heterocycles. The Balaban J connectivity index is 1.28. The van der Waals surface area contributed by atoms with Gasteiger partial charge in [-0.25, -0.2) is 4.68 Å². The van der Waals surface area contributed by atoms with Crippen LogP contribution in [0.5, 0.6) is 5.75 Å². The van der Waals surface area contributed by atoms with Crippen molar-refractivity contribution >= 4 is 22.4 Å². The number of rotatable bonds is 8. The van der Waals surface area contributed by atoms with Crippen LogP contribution < -0.4 is 10.3 Å². The van der Waals surface area contributed by atoms with Crippen LogP contribution in [0.1, 0.15) is 48.5 Å². The van der Waals surface area contributed by atoms with Gasteiger partial charge in [-0.15, -0.1) is 0 Å². The average Bonchev–Trinajstić information content (AvgIpc) is 3.17. The van der Waals surface area contributed by atoms with Gasteiger partial charge in [-0.3, -0.25) is 4.79 Å². The van der Waals surface area contributed by atoms with Crippen LogP contribution in [-0.2, 0) is 12.8 Å². The lowest BCUT2D eigenvalue weighted by Gasteiger charge is -2.21. The van der Waals surface area contributed by atoms with Crippen LogP contribution in [0.25, 0.3) is 10.8 Å². The summed E-state index contributed by atoms with van der Waals surface area (Å²) in [5.74, 6) is 0.899. The zero-order chi connectivity index (χ0) is 25.6. The molecule has 0 amide bonds. The number of nitrogens with zero attached hydrogens (tertiary/aromatic N) is 3. The lowest BCUT2D eigenvalue weighted by atomic mass is 10.0. The van der Waals surface area contributed by atoms with Crippen molar-refractivity contribution in [3.63, 3.8) is 0 Å². The number of aromatic nitrogens is 2. The average molecular weight is 516 g/mol. The van der Waals surface area contributed by atoms with Gasteiger partial charge in [0.15, 0.2) is 0 Å². The minimum Gasteiger partial charge on any atom is -0.497 e. The summed E-state index contributed by atoms with van der Waals surface area (Å²) in [6.45, 7) is 3.13. The van der Waals surface area contributed by atoms with Crippen molar-refractivity contribution in [3.8, 4) is 5.75 Å². The van der Waals surface area contributed by atoms with Gasteiger partial charge < -0.3 is 9.64 Å². The van der Waals surface area contributed by atoms with Gasteiger partial charge in [0, 0.05) is 23.4 Å². The number of likely N-dealkylation sites (tertiary alicyclic amines) is 1. The van der Waals surface area contributed by atoms with E-state index in [4.69, 9.17) is 21.4 Å². The molecule has 1 fully saturated rings. The molecule has 1 aliphatic heterocycles. The number of aryl methyl sites for hydroxylation is 1. The van der Waals surface area contributed by atoms with Crippen molar-refractivity contribution < 1.29 is 4.74 Å². The highest BCUT2D eigenvalue weighted by Gasteiger charge is 2.22. The van der Waals surface area contributed by atoms with Gasteiger partial charge in [0.05, 0.1) is 24.2 Å². The van der Waals surface area contributed by atoms with Crippen LogP contribution in [-0.4, -0.2) is 41.4 Å². The van der Waals surface area contributed by atoms with E-state index in [2.05, 4.69) is 17.0 Å². The van der Waals surface area contributed by atoms with Crippen molar-refractivity contribution in [1.82, 2.24) is 14.7 Å². The number of hydrogen-bond acceptors (Lipinski definition) is 4. The fraction of sp³-hybridized carbons (Fsp3) is 0.355. The molecular formula is C31H34ClN3O2. The van der Waals surface area contributed by atoms with Crippen LogP contribution in [0.4, 0.5) is 0 Å². The summed E-state index contributed by atoms with van der Waals surface area (Å²) in [4.78, 5) is 16.1. The molecule has 0 bridgehead atoms. The topological polar surface area (TPSA) is 47.4 Å². The number of benzene rings is 3. The summed E-state index contributed by atoms with van der Waals surface area (Å²) >= 11 is 6.09. The summed E-state index contributed by atoms with van der Waals surface area (Å²) in [5.41, 5.74) is 3.44. The molecule has 0 N–H and O–H groups in total. The Morgan fingerprint density at radius 1 is 0.919 bits per heavy atom. The Kier molecular flexibility index (Phi) is 8.22. The number of hydrogen-bond donors (Lipinski definition) is 0. The Hall–Kier alpha value is -3.15.